The quantitative estimate of drug-likeness (QED) is 0.613. The summed E-state index contributed by atoms with van der Waals surface area (Å²) in [6, 6.07) is 9.52. The lowest BCUT2D eigenvalue weighted by molar-refractivity contribution is 0.101. The summed E-state index contributed by atoms with van der Waals surface area (Å²) in [5.41, 5.74) is 1.63. The standard InChI is InChI=1S/C13H13NO2S/c1-9-6-12(16-14-9)8-17-13-5-3-4-11(7-13)10(2)15/h3-7H,8H2,1-2H3. The summed E-state index contributed by atoms with van der Waals surface area (Å²) in [6.07, 6.45) is 0. The molecule has 17 heavy (non-hydrogen) atoms. The number of thioether (sulfide) groups is 1. The predicted molar refractivity (Wildman–Crippen MR) is 67.2 cm³/mol. The van der Waals surface area contributed by atoms with Crippen molar-refractivity contribution in [3.63, 3.8) is 0 Å². The summed E-state index contributed by atoms with van der Waals surface area (Å²) < 4.78 is 5.13. The molecular weight excluding hydrogens is 234 g/mol. The first-order chi connectivity index (χ1) is 8.15. The number of carbonyl (C=O) groups excluding carboxylic acids is 1. The van der Waals surface area contributed by atoms with Crippen molar-refractivity contribution in [2.75, 3.05) is 0 Å². The molecule has 0 atom stereocenters. The number of hydrogen-bond donors (Lipinski definition) is 0. The van der Waals surface area contributed by atoms with Gasteiger partial charge in [0.25, 0.3) is 0 Å². The minimum Gasteiger partial charge on any atom is -0.360 e. The van der Waals surface area contributed by atoms with Crippen LogP contribution in [0.3, 0.4) is 0 Å². The van der Waals surface area contributed by atoms with E-state index in [9.17, 15) is 4.79 Å². The lowest BCUT2D eigenvalue weighted by Crippen LogP contribution is -1.91. The van der Waals surface area contributed by atoms with Gasteiger partial charge in [0.15, 0.2) is 5.78 Å². The van der Waals surface area contributed by atoms with E-state index in [1.54, 1.807) is 18.7 Å². The van der Waals surface area contributed by atoms with Crippen LogP contribution < -0.4 is 0 Å². The third-order valence-corrected chi connectivity index (χ3v) is 3.31. The molecule has 2 rings (SSSR count). The number of aryl methyl sites for hydroxylation is 1. The van der Waals surface area contributed by atoms with Gasteiger partial charge in [-0.1, -0.05) is 17.3 Å². The van der Waals surface area contributed by atoms with Crippen LogP contribution in [0.15, 0.2) is 39.8 Å². The summed E-state index contributed by atoms with van der Waals surface area (Å²) in [4.78, 5) is 12.3. The highest BCUT2D eigenvalue weighted by Gasteiger charge is 2.04. The van der Waals surface area contributed by atoms with Crippen LogP contribution in [0.25, 0.3) is 0 Å². The Bertz CT molecular complexity index is 534. The Balaban J connectivity index is 2.04. The summed E-state index contributed by atoms with van der Waals surface area (Å²) in [5.74, 6) is 1.66. The van der Waals surface area contributed by atoms with Gasteiger partial charge >= 0.3 is 0 Å². The molecular formula is C13H13NO2S. The van der Waals surface area contributed by atoms with Crippen molar-refractivity contribution in [1.82, 2.24) is 5.16 Å². The fourth-order valence-electron chi connectivity index (χ4n) is 1.44. The zero-order valence-corrected chi connectivity index (χ0v) is 10.6. The van der Waals surface area contributed by atoms with Gasteiger partial charge in [0, 0.05) is 16.5 Å². The predicted octanol–water partition coefficient (Wildman–Crippen LogP) is 3.48. The van der Waals surface area contributed by atoms with E-state index in [1.165, 1.54) is 0 Å². The van der Waals surface area contributed by atoms with Crippen molar-refractivity contribution in [2.24, 2.45) is 0 Å². The molecule has 0 aliphatic heterocycles. The van der Waals surface area contributed by atoms with E-state index >= 15 is 0 Å². The second-order valence-electron chi connectivity index (χ2n) is 3.81. The molecule has 0 saturated heterocycles. The van der Waals surface area contributed by atoms with Gasteiger partial charge in [-0.2, -0.15) is 0 Å². The molecule has 0 amide bonds. The monoisotopic (exact) mass is 247 g/mol. The van der Waals surface area contributed by atoms with Gasteiger partial charge < -0.3 is 4.52 Å². The number of aromatic nitrogens is 1. The molecule has 0 saturated carbocycles. The fourth-order valence-corrected chi connectivity index (χ4v) is 2.27. The van der Waals surface area contributed by atoms with Crippen LogP contribution in [0.4, 0.5) is 0 Å². The normalized spacial score (nSPS) is 10.5. The number of benzene rings is 1. The molecule has 0 aliphatic carbocycles. The van der Waals surface area contributed by atoms with E-state index in [4.69, 9.17) is 4.52 Å². The van der Waals surface area contributed by atoms with Crippen LogP contribution in [-0.4, -0.2) is 10.9 Å². The Hall–Kier alpha value is -1.55. The first-order valence-electron chi connectivity index (χ1n) is 5.31. The Morgan fingerprint density at radius 2 is 2.24 bits per heavy atom. The Morgan fingerprint density at radius 3 is 2.88 bits per heavy atom. The molecule has 3 nitrogen and oxygen atoms in total. The minimum atomic E-state index is 0.0861. The van der Waals surface area contributed by atoms with E-state index in [0.29, 0.717) is 0 Å². The van der Waals surface area contributed by atoms with E-state index in [-0.39, 0.29) is 5.78 Å². The van der Waals surface area contributed by atoms with Crippen molar-refractivity contribution in [1.29, 1.82) is 0 Å². The highest BCUT2D eigenvalue weighted by atomic mass is 32.2. The van der Waals surface area contributed by atoms with Crippen LogP contribution >= 0.6 is 11.8 Å². The number of nitrogens with zero attached hydrogens (tertiary/aromatic N) is 1. The molecule has 0 spiro atoms. The molecule has 1 aromatic heterocycles. The van der Waals surface area contributed by atoms with Crippen LogP contribution in [0.2, 0.25) is 0 Å². The van der Waals surface area contributed by atoms with Gasteiger partial charge in [-0.3, -0.25) is 4.79 Å². The van der Waals surface area contributed by atoms with Crippen molar-refractivity contribution < 1.29 is 9.32 Å². The Labute approximate surface area is 104 Å². The van der Waals surface area contributed by atoms with E-state index in [1.807, 2.05) is 37.3 Å². The molecule has 0 N–H and O–H groups in total. The second kappa shape index (κ2) is 5.19. The molecule has 0 unspecified atom stereocenters. The molecule has 88 valence electrons. The number of carbonyl (C=O) groups is 1. The molecule has 0 fully saturated rings. The van der Waals surface area contributed by atoms with E-state index in [2.05, 4.69) is 5.16 Å². The van der Waals surface area contributed by atoms with Crippen molar-refractivity contribution in [3.05, 3.63) is 47.3 Å². The van der Waals surface area contributed by atoms with Gasteiger partial charge in [0.1, 0.15) is 5.76 Å². The third kappa shape index (κ3) is 3.20. The summed E-state index contributed by atoms with van der Waals surface area (Å²) in [7, 11) is 0. The first kappa shape index (κ1) is 11.9. The van der Waals surface area contributed by atoms with Gasteiger partial charge in [0.05, 0.1) is 11.4 Å². The van der Waals surface area contributed by atoms with E-state index < -0.39 is 0 Å². The largest absolute Gasteiger partial charge is 0.360 e. The Kier molecular flexibility index (Phi) is 3.64. The van der Waals surface area contributed by atoms with Crippen LogP contribution in [-0.2, 0) is 5.75 Å². The summed E-state index contributed by atoms with van der Waals surface area (Å²) in [6.45, 7) is 3.47. The maximum absolute atomic E-state index is 11.2. The number of rotatable bonds is 4. The van der Waals surface area contributed by atoms with Crippen LogP contribution in [0.5, 0.6) is 0 Å². The smallest absolute Gasteiger partial charge is 0.159 e. The van der Waals surface area contributed by atoms with Crippen molar-refractivity contribution in [3.8, 4) is 0 Å². The SMILES string of the molecule is CC(=O)c1cccc(SCc2cc(C)no2)c1. The molecule has 0 radical (unpaired) electrons. The van der Waals surface area contributed by atoms with Crippen LogP contribution in [0.1, 0.15) is 28.7 Å². The fraction of sp³-hybridized carbons (Fsp3) is 0.231. The average molecular weight is 247 g/mol. The van der Waals surface area contributed by atoms with Crippen molar-refractivity contribution in [2.45, 2.75) is 24.5 Å². The minimum absolute atomic E-state index is 0.0861. The summed E-state index contributed by atoms with van der Waals surface area (Å²) in [5, 5.41) is 3.83. The van der Waals surface area contributed by atoms with Crippen molar-refractivity contribution >= 4 is 17.5 Å². The molecule has 2 aromatic rings. The lowest BCUT2D eigenvalue weighted by atomic mass is 10.2. The second-order valence-corrected chi connectivity index (χ2v) is 4.86. The third-order valence-electron chi connectivity index (χ3n) is 2.30. The highest BCUT2D eigenvalue weighted by Crippen LogP contribution is 2.24. The maximum atomic E-state index is 11.2. The molecule has 0 aliphatic rings. The zero-order valence-electron chi connectivity index (χ0n) is 9.77. The lowest BCUT2D eigenvalue weighted by Gasteiger charge is -2.01. The summed E-state index contributed by atoms with van der Waals surface area (Å²) >= 11 is 1.63. The van der Waals surface area contributed by atoms with Gasteiger partial charge in [-0.15, -0.1) is 11.8 Å². The van der Waals surface area contributed by atoms with Gasteiger partial charge in [-0.25, -0.2) is 0 Å². The van der Waals surface area contributed by atoms with Gasteiger partial charge in [0.2, 0.25) is 0 Å². The number of ketones is 1. The number of Topliss-reactive ketones (excluding diaryl/α,β-unsaturated/α-hetero) is 1. The van der Waals surface area contributed by atoms with Crippen LogP contribution in [0, 0.1) is 6.92 Å². The molecule has 1 aromatic carbocycles. The highest BCUT2D eigenvalue weighted by molar-refractivity contribution is 7.98. The maximum Gasteiger partial charge on any atom is 0.159 e. The molecule has 0 bridgehead atoms. The van der Waals surface area contributed by atoms with Gasteiger partial charge in [-0.05, 0) is 26.0 Å². The van der Waals surface area contributed by atoms with E-state index in [0.717, 1.165) is 27.7 Å². The Morgan fingerprint density at radius 1 is 1.41 bits per heavy atom. The average Bonchev–Trinajstić information content (AvgIpc) is 2.73. The molecule has 4 heteroatoms. The number of hydrogen-bond acceptors (Lipinski definition) is 4. The topological polar surface area (TPSA) is 43.1 Å². The first-order valence-corrected chi connectivity index (χ1v) is 6.30. The molecule has 1 heterocycles. The zero-order chi connectivity index (χ0) is 12.3.